The van der Waals surface area contributed by atoms with E-state index in [-0.39, 0.29) is 5.01 Å². The third-order valence-electron chi connectivity index (χ3n) is 0.846. The van der Waals surface area contributed by atoms with Crippen LogP contribution in [0.2, 0.25) is 0 Å². The average Bonchev–Trinajstić information content (AvgIpc) is 1.98. The van der Waals surface area contributed by atoms with Gasteiger partial charge in [-0.1, -0.05) is 0 Å². The number of hydrogen-bond donors (Lipinski definition) is 2. The van der Waals surface area contributed by atoms with Crippen LogP contribution in [0.3, 0.4) is 0 Å². The first-order valence-electron chi connectivity index (χ1n) is 2.67. The van der Waals surface area contributed by atoms with E-state index < -0.39 is 25.0 Å². The van der Waals surface area contributed by atoms with Crippen LogP contribution in [0.15, 0.2) is 5.29 Å². The first-order valence-corrected chi connectivity index (χ1v) is 2.67. The van der Waals surface area contributed by atoms with E-state index in [0.29, 0.717) is 0 Å². The summed E-state index contributed by atoms with van der Waals surface area (Å²) in [4.78, 5) is 30.3. The second-order valence-electron chi connectivity index (χ2n) is 1.63. The molecule has 0 saturated carbocycles. The molecule has 0 fully saturated rings. The highest BCUT2D eigenvalue weighted by molar-refractivity contribution is 5.82. The first kappa shape index (κ1) is 9.50. The molecule has 1 amide bonds. The molecule has 3 N–H and O–H groups in total. The molecule has 0 atom stereocenters. The Hall–Kier alpha value is -1.50. The van der Waals surface area contributed by atoms with Crippen molar-refractivity contribution < 1.29 is 14.7 Å². The number of hydrogen-bond acceptors (Lipinski definition) is 5. The van der Waals surface area contributed by atoms with E-state index in [1.807, 2.05) is 0 Å². The van der Waals surface area contributed by atoms with E-state index in [9.17, 15) is 14.5 Å². The second kappa shape index (κ2) is 4.34. The third-order valence-corrected chi connectivity index (χ3v) is 0.846. The van der Waals surface area contributed by atoms with Gasteiger partial charge in [-0.25, -0.2) is 0 Å². The number of carboxylic acid groups (broad SMARTS) is 1. The molecule has 0 saturated heterocycles. The van der Waals surface area contributed by atoms with Crippen molar-refractivity contribution in [3.63, 3.8) is 0 Å². The summed E-state index contributed by atoms with van der Waals surface area (Å²) in [6.07, 6.45) is 0. The maximum absolute atomic E-state index is 10.5. The van der Waals surface area contributed by atoms with Crippen molar-refractivity contribution in [2.24, 2.45) is 11.0 Å². The lowest BCUT2D eigenvalue weighted by atomic mass is 10.5. The lowest BCUT2D eigenvalue weighted by molar-refractivity contribution is -0.144. The van der Waals surface area contributed by atoms with Crippen LogP contribution in [-0.2, 0) is 9.59 Å². The predicted octanol–water partition coefficient (Wildman–Crippen LogP) is -1.46. The van der Waals surface area contributed by atoms with Gasteiger partial charge in [0, 0.05) is 0 Å². The molecule has 0 bridgehead atoms. The molecule has 0 aromatic carbocycles. The second-order valence-corrected chi connectivity index (χ2v) is 1.63. The van der Waals surface area contributed by atoms with Gasteiger partial charge in [-0.3, -0.25) is 9.59 Å². The van der Waals surface area contributed by atoms with Crippen LogP contribution in [0.1, 0.15) is 0 Å². The number of nitrogens with two attached hydrogens (primary N) is 1. The Bertz CT molecular complexity index is 180. The normalized spacial score (nSPS) is 8.82. The highest BCUT2D eigenvalue weighted by Crippen LogP contribution is 1.88. The summed E-state index contributed by atoms with van der Waals surface area (Å²) in [5.74, 6) is -2.13. The van der Waals surface area contributed by atoms with E-state index in [4.69, 9.17) is 10.8 Å². The number of carbonyl (C=O) groups is 2. The molecule has 0 aliphatic rings. The Morgan fingerprint density at radius 2 is 2.09 bits per heavy atom. The van der Waals surface area contributed by atoms with Gasteiger partial charge in [-0.2, -0.15) is 5.01 Å². The standard InChI is InChI=1S/C4H7N3O4/c5-1-3(8)7(6-11)2-4(9)10/h1-2,5H2,(H,9,10). The number of nitroso groups, excluding NO2 is 1. The molecule has 0 aromatic rings. The van der Waals surface area contributed by atoms with Crippen molar-refractivity contribution in [3.8, 4) is 0 Å². The third kappa shape index (κ3) is 3.26. The van der Waals surface area contributed by atoms with E-state index >= 15 is 0 Å². The summed E-state index contributed by atoms with van der Waals surface area (Å²) in [5.41, 5.74) is 4.84. The van der Waals surface area contributed by atoms with Gasteiger partial charge < -0.3 is 10.8 Å². The highest BCUT2D eigenvalue weighted by Gasteiger charge is 2.14. The fourth-order valence-corrected chi connectivity index (χ4v) is 0.396. The van der Waals surface area contributed by atoms with Gasteiger partial charge in [-0.05, 0) is 0 Å². The molecule has 7 heteroatoms. The molecule has 0 aliphatic heterocycles. The van der Waals surface area contributed by atoms with Gasteiger partial charge >= 0.3 is 5.97 Å². The SMILES string of the molecule is NCC(=O)N(CC(=O)O)N=O. The van der Waals surface area contributed by atoms with Crippen molar-refractivity contribution >= 4 is 11.9 Å². The number of aliphatic carboxylic acids is 1. The number of nitrogens with zero attached hydrogens (tertiary/aromatic N) is 2. The van der Waals surface area contributed by atoms with Crippen molar-refractivity contribution in [1.82, 2.24) is 5.01 Å². The zero-order valence-electron chi connectivity index (χ0n) is 5.56. The Morgan fingerprint density at radius 3 is 2.36 bits per heavy atom. The topological polar surface area (TPSA) is 113 Å². The fourth-order valence-electron chi connectivity index (χ4n) is 0.396. The van der Waals surface area contributed by atoms with E-state index in [1.54, 1.807) is 0 Å². The Kier molecular flexibility index (Phi) is 3.75. The monoisotopic (exact) mass is 161 g/mol. The van der Waals surface area contributed by atoms with Gasteiger partial charge in [0.1, 0.15) is 6.54 Å². The smallest absolute Gasteiger partial charge is 0.325 e. The maximum Gasteiger partial charge on any atom is 0.325 e. The number of rotatable bonds is 4. The van der Waals surface area contributed by atoms with Crippen LogP contribution in [0, 0.1) is 4.91 Å². The van der Waals surface area contributed by atoms with Gasteiger partial charge in [0.2, 0.25) is 0 Å². The van der Waals surface area contributed by atoms with Crippen LogP contribution in [-0.4, -0.2) is 35.1 Å². The largest absolute Gasteiger partial charge is 0.480 e. The Morgan fingerprint density at radius 1 is 1.55 bits per heavy atom. The minimum absolute atomic E-state index is 0.252. The number of carbonyl (C=O) groups excluding carboxylic acids is 1. The van der Waals surface area contributed by atoms with Crippen LogP contribution < -0.4 is 5.73 Å². The molecule has 7 nitrogen and oxygen atoms in total. The van der Waals surface area contributed by atoms with Crippen LogP contribution in [0.4, 0.5) is 0 Å². The first-order chi connectivity index (χ1) is 5.11. The fraction of sp³-hybridized carbons (Fsp3) is 0.500. The summed E-state index contributed by atoms with van der Waals surface area (Å²) in [7, 11) is 0. The van der Waals surface area contributed by atoms with Crippen molar-refractivity contribution in [2.45, 2.75) is 0 Å². The van der Waals surface area contributed by atoms with Gasteiger partial charge in [0.15, 0.2) is 0 Å². The Balaban J connectivity index is 4.05. The zero-order valence-corrected chi connectivity index (χ0v) is 5.56. The van der Waals surface area contributed by atoms with E-state index in [0.717, 1.165) is 0 Å². The van der Waals surface area contributed by atoms with Crippen molar-refractivity contribution in [1.29, 1.82) is 0 Å². The van der Waals surface area contributed by atoms with Crippen LogP contribution in [0.5, 0.6) is 0 Å². The molecule has 0 radical (unpaired) electrons. The number of carboxylic acids is 1. The molecular weight excluding hydrogens is 154 g/mol. The molecule has 0 aromatic heterocycles. The summed E-state index contributed by atoms with van der Waals surface area (Å²) in [6.45, 7) is -1.18. The average molecular weight is 161 g/mol. The van der Waals surface area contributed by atoms with Gasteiger partial charge in [-0.15, -0.1) is 4.91 Å². The van der Waals surface area contributed by atoms with Gasteiger partial charge in [0.05, 0.1) is 11.8 Å². The van der Waals surface area contributed by atoms with Crippen LogP contribution >= 0.6 is 0 Å². The quantitative estimate of drug-likeness (QED) is 0.386. The molecular formula is C4H7N3O4. The summed E-state index contributed by atoms with van der Waals surface area (Å²) in [6, 6.07) is 0. The molecule has 0 aliphatic carbocycles. The van der Waals surface area contributed by atoms with E-state index in [2.05, 4.69) is 5.29 Å². The van der Waals surface area contributed by atoms with Crippen LogP contribution in [0.25, 0.3) is 0 Å². The minimum Gasteiger partial charge on any atom is -0.480 e. The summed E-state index contributed by atoms with van der Waals surface area (Å²) in [5, 5.41) is 10.6. The minimum atomic E-state index is -1.31. The maximum atomic E-state index is 10.5. The molecule has 11 heavy (non-hydrogen) atoms. The summed E-state index contributed by atoms with van der Waals surface area (Å²) < 4.78 is 0. The van der Waals surface area contributed by atoms with E-state index in [1.165, 1.54) is 0 Å². The molecule has 0 spiro atoms. The zero-order chi connectivity index (χ0) is 8.85. The number of amides is 1. The molecule has 0 rings (SSSR count). The lowest BCUT2D eigenvalue weighted by Gasteiger charge is -2.07. The Labute approximate surface area is 61.7 Å². The van der Waals surface area contributed by atoms with Gasteiger partial charge in [0.25, 0.3) is 5.91 Å². The highest BCUT2D eigenvalue weighted by atomic mass is 16.4. The molecule has 62 valence electrons. The summed E-state index contributed by atoms with van der Waals surface area (Å²) >= 11 is 0. The van der Waals surface area contributed by atoms with Crippen molar-refractivity contribution in [2.75, 3.05) is 13.1 Å². The lowest BCUT2D eigenvalue weighted by Crippen LogP contribution is -2.35. The van der Waals surface area contributed by atoms with Crippen molar-refractivity contribution in [3.05, 3.63) is 4.91 Å². The molecule has 0 unspecified atom stereocenters. The predicted molar refractivity (Wildman–Crippen MR) is 34.2 cm³/mol. The molecule has 0 heterocycles.